The lowest BCUT2D eigenvalue weighted by Gasteiger charge is -2.11. The summed E-state index contributed by atoms with van der Waals surface area (Å²) in [5.74, 6) is 0.602. The van der Waals surface area contributed by atoms with Gasteiger partial charge >= 0.3 is 5.97 Å². The van der Waals surface area contributed by atoms with Crippen LogP contribution in [0.1, 0.15) is 125 Å². The summed E-state index contributed by atoms with van der Waals surface area (Å²) in [4.78, 5) is 10.5. The first-order valence-electron chi connectivity index (χ1n) is 11.9. The highest BCUT2D eigenvalue weighted by Crippen LogP contribution is 2.20. The minimum Gasteiger partial charge on any atom is -0.481 e. The molecule has 0 bridgehead atoms. The number of aliphatic carboxylic acids is 1. The van der Waals surface area contributed by atoms with Crippen LogP contribution in [0.15, 0.2) is 23.3 Å². The van der Waals surface area contributed by atoms with Crippen molar-refractivity contribution in [2.45, 2.75) is 125 Å². The summed E-state index contributed by atoms with van der Waals surface area (Å²) < 4.78 is 0. The lowest BCUT2D eigenvalue weighted by Crippen LogP contribution is -1.96. The molecule has 0 spiro atoms. The van der Waals surface area contributed by atoms with E-state index in [4.69, 9.17) is 5.11 Å². The third-order valence-electron chi connectivity index (χ3n) is 5.51. The van der Waals surface area contributed by atoms with E-state index in [1.54, 1.807) is 0 Å². The number of carboxylic acid groups (broad SMARTS) is 1. The van der Waals surface area contributed by atoms with Gasteiger partial charge in [0.2, 0.25) is 0 Å². The van der Waals surface area contributed by atoms with Gasteiger partial charge < -0.3 is 5.11 Å². The average molecular weight is 393 g/mol. The van der Waals surface area contributed by atoms with Crippen LogP contribution in [0, 0.1) is 11.8 Å². The second-order valence-corrected chi connectivity index (χ2v) is 9.06. The predicted molar refractivity (Wildman–Crippen MR) is 124 cm³/mol. The first-order chi connectivity index (χ1) is 13.3. The molecule has 164 valence electrons. The minimum absolute atomic E-state index is 0.310. The molecular formula is C26H48O2. The van der Waals surface area contributed by atoms with Crippen molar-refractivity contribution >= 4 is 5.97 Å². The molecule has 0 unspecified atom stereocenters. The number of allylic oxidation sites excluding steroid dienone is 4. The SMILES string of the molecule is CCCCCCCCC[C@@H](C)/C=C(/C)C/C(C)=C/[C@H](C)CCCCCC(=O)O. The van der Waals surface area contributed by atoms with Crippen LogP contribution in [-0.2, 0) is 4.79 Å². The van der Waals surface area contributed by atoms with Crippen LogP contribution in [0.3, 0.4) is 0 Å². The van der Waals surface area contributed by atoms with E-state index in [1.165, 1.54) is 62.5 Å². The largest absolute Gasteiger partial charge is 0.481 e. The number of unbranched alkanes of at least 4 members (excludes halogenated alkanes) is 8. The van der Waals surface area contributed by atoms with Crippen molar-refractivity contribution in [2.75, 3.05) is 0 Å². The molecule has 2 heteroatoms. The van der Waals surface area contributed by atoms with Crippen LogP contribution in [0.5, 0.6) is 0 Å². The van der Waals surface area contributed by atoms with Crippen molar-refractivity contribution in [3.05, 3.63) is 23.3 Å². The Kier molecular flexibility index (Phi) is 17.3. The number of hydrogen-bond donors (Lipinski definition) is 1. The zero-order valence-corrected chi connectivity index (χ0v) is 19.6. The molecule has 28 heavy (non-hydrogen) atoms. The maximum absolute atomic E-state index is 10.5. The Hall–Kier alpha value is -1.05. The highest BCUT2D eigenvalue weighted by atomic mass is 16.4. The molecule has 1 N–H and O–H groups in total. The van der Waals surface area contributed by atoms with Gasteiger partial charge in [-0.2, -0.15) is 0 Å². The highest BCUT2D eigenvalue weighted by Gasteiger charge is 2.04. The van der Waals surface area contributed by atoms with Gasteiger partial charge in [0.15, 0.2) is 0 Å². The van der Waals surface area contributed by atoms with Gasteiger partial charge in [-0.3, -0.25) is 4.79 Å². The number of rotatable bonds is 18. The smallest absolute Gasteiger partial charge is 0.303 e. The average Bonchev–Trinajstić information content (AvgIpc) is 2.59. The van der Waals surface area contributed by atoms with Gasteiger partial charge in [-0.25, -0.2) is 0 Å². The number of carboxylic acids is 1. The maximum atomic E-state index is 10.5. The summed E-state index contributed by atoms with van der Waals surface area (Å²) in [5.41, 5.74) is 2.97. The molecule has 0 rings (SSSR count). The topological polar surface area (TPSA) is 37.3 Å². The molecular weight excluding hydrogens is 344 g/mol. The molecule has 0 saturated carbocycles. The normalized spacial score (nSPS) is 14.9. The zero-order chi connectivity index (χ0) is 21.2. The van der Waals surface area contributed by atoms with E-state index in [1.807, 2.05) is 0 Å². The van der Waals surface area contributed by atoms with Crippen LogP contribution in [0.25, 0.3) is 0 Å². The summed E-state index contributed by atoms with van der Waals surface area (Å²) >= 11 is 0. The van der Waals surface area contributed by atoms with Gasteiger partial charge in [0.25, 0.3) is 0 Å². The Balaban J connectivity index is 3.97. The van der Waals surface area contributed by atoms with Crippen LogP contribution < -0.4 is 0 Å². The van der Waals surface area contributed by atoms with Crippen molar-refractivity contribution in [3.8, 4) is 0 Å². The van der Waals surface area contributed by atoms with E-state index in [-0.39, 0.29) is 0 Å². The van der Waals surface area contributed by atoms with Crippen molar-refractivity contribution in [1.82, 2.24) is 0 Å². The lowest BCUT2D eigenvalue weighted by molar-refractivity contribution is -0.137. The first kappa shape index (κ1) is 27.0. The molecule has 0 fully saturated rings. The third kappa shape index (κ3) is 18.3. The van der Waals surface area contributed by atoms with E-state index >= 15 is 0 Å². The fourth-order valence-corrected chi connectivity index (χ4v) is 4.04. The molecule has 0 aliphatic heterocycles. The van der Waals surface area contributed by atoms with Gasteiger partial charge in [-0.15, -0.1) is 0 Å². The maximum Gasteiger partial charge on any atom is 0.303 e. The molecule has 2 atom stereocenters. The molecule has 2 nitrogen and oxygen atoms in total. The van der Waals surface area contributed by atoms with E-state index in [0.717, 1.165) is 32.1 Å². The Labute approximate surface area is 175 Å². The van der Waals surface area contributed by atoms with E-state index in [2.05, 4.69) is 46.8 Å². The summed E-state index contributed by atoms with van der Waals surface area (Å²) in [6, 6.07) is 0. The highest BCUT2D eigenvalue weighted by molar-refractivity contribution is 5.66. The standard InChI is InChI=1S/C26H48O2/c1-6-7-8-9-10-11-13-16-22(2)19-24(4)21-25(5)20-23(3)17-14-12-15-18-26(27)28/h19-20,22-23H,6-18,21H2,1-5H3,(H,27,28)/b24-19-,25-20+/t22-,23-/m1/s1. The van der Waals surface area contributed by atoms with E-state index < -0.39 is 5.97 Å². The second-order valence-electron chi connectivity index (χ2n) is 9.06. The van der Waals surface area contributed by atoms with Crippen LogP contribution >= 0.6 is 0 Å². The molecule has 0 radical (unpaired) electrons. The fourth-order valence-electron chi connectivity index (χ4n) is 4.04. The first-order valence-corrected chi connectivity index (χ1v) is 11.9. The zero-order valence-electron chi connectivity index (χ0n) is 19.6. The van der Waals surface area contributed by atoms with Crippen molar-refractivity contribution < 1.29 is 9.90 Å². The Bertz CT molecular complexity index is 447. The van der Waals surface area contributed by atoms with Gasteiger partial charge in [0.1, 0.15) is 0 Å². The molecule has 0 aliphatic carbocycles. The summed E-state index contributed by atoms with van der Waals surface area (Å²) in [6.07, 6.45) is 21.5. The fraction of sp³-hybridized carbons (Fsp3) is 0.808. The monoisotopic (exact) mass is 392 g/mol. The van der Waals surface area contributed by atoms with Crippen molar-refractivity contribution in [2.24, 2.45) is 11.8 Å². The predicted octanol–water partition coefficient (Wildman–Crippen LogP) is 8.72. The molecule has 0 amide bonds. The molecule has 0 aliphatic rings. The van der Waals surface area contributed by atoms with Crippen LogP contribution in [0.2, 0.25) is 0 Å². The van der Waals surface area contributed by atoms with Crippen LogP contribution in [-0.4, -0.2) is 11.1 Å². The van der Waals surface area contributed by atoms with Crippen LogP contribution in [0.4, 0.5) is 0 Å². The van der Waals surface area contributed by atoms with E-state index in [9.17, 15) is 4.79 Å². The molecule has 0 saturated heterocycles. The van der Waals surface area contributed by atoms with Crippen molar-refractivity contribution in [1.29, 1.82) is 0 Å². The minimum atomic E-state index is -0.674. The summed E-state index contributed by atoms with van der Waals surface area (Å²) in [7, 11) is 0. The Morgan fingerprint density at radius 2 is 1.18 bits per heavy atom. The number of hydrogen-bond acceptors (Lipinski definition) is 1. The lowest BCUT2D eigenvalue weighted by atomic mass is 9.95. The van der Waals surface area contributed by atoms with E-state index in [0.29, 0.717) is 18.3 Å². The second kappa shape index (κ2) is 18.0. The van der Waals surface area contributed by atoms with Gasteiger partial charge in [0, 0.05) is 6.42 Å². The molecule has 0 aromatic carbocycles. The van der Waals surface area contributed by atoms with Gasteiger partial charge in [-0.1, -0.05) is 102 Å². The quantitative estimate of drug-likeness (QED) is 0.187. The summed E-state index contributed by atoms with van der Waals surface area (Å²) in [5, 5.41) is 8.67. The Morgan fingerprint density at radius 1 is 0.750 bits per heavy atom. The van der Waals surface area contributed by atoms with Crippen molar-refractivity contribution in [3.63, 3.8) is 0 Å². The third-order valence-corrected chi connectivity index (χ3v) is 5.51. The number of carbonyl (C=O) groups is 1. The molecule has 0 aromatic heterocycles. The summed E-state index contributed by atoms with van der Waals surface area (Å²) in [6.45, 7) is 11.4. The Morgan fingerprint density at radius 3 is 1.64 bits per heavy atom. The van der Waals surface area contributed by atoms with Gasteiger partial charge in [-0.05, 0) is 51.4 Å². The molecule has 0 heterocycles. The van der Waals surface area contributed by atoms with Gasteiger partial charge in [0.05, 0.1) is 0 Å². The molecule has 0 aromatic rings.